The standard InChI is InChI=1S/C13H18N4O/c1-10(18)12-5-4-6-14-13(12)16(2)8-11-7-15-17(3)9-11/h4-7,9-10,18H,8H2,1-3H3/t10-/m1/s1. The second kappa shape index (κ2) is 5.18. The van der Waals surface area contributed by atoms with Gasteiger partial charge in [0.1, 0.15) is 5.82 Å². The molecule has 0 spiro atoms. The summed E-state index contributed by atoms with van der Waals surface area (Å²) in [4.78, 5) is 6.35. The van der Waals surface area contributed by atoms with Crippen LogP contribution in [0.2, 0.25) is 0 Å². The van der Waals surface area contributed by atoms with Crippen molar-refractivity contribution in [1.29, 1.82) is 0 Å². The molecule has 1 atom stereocenters. The fourth-order valence-corrected chi connectivity index (χ4v) is 1.96. The highest BCUT2D eigenvalue weighted by atomic mass is 16.3. The zero-order chi connectivity index (χ0) is 13.1. The maximum absolute atomic E-state index is 9.74. The van der Waals surface area contributed by atoms with E-state index in [1.807, 2.05) is 43.5 Å². The van der Waals surface area contributed by atoms with Crippen LogP contribution in [0.25, 0.3) is 0 Å². The van der Waals surface area contributed by atoms with Crippen LogP contribution in [0.3, 0.4) is 0 Å². The van der Waals surface area contributed by atoms with Gasteiger partial charge in [-0.2, -0.15) is 5.10 Å². The molecule has 2 rings (SSSR count). The van der Waals surface area contributed by atoms with Crippen LogP contribution in [0, 0.1) is 0 Å². The maximum atomic E-state index is 9.74. The minimum atomic E-state index is -0.523. The van der Waals surface area contributed by atoms with Crippen molar-refractivity contribution in [2.75, 3.05) is 11.9 Å². The molecular formula is C13H18N4O. The molecule has 0 aliphatic rings. The molecule has 18 heavy (non-hydrogen) atoms. The summed E-state index contributed by atoms with van der Waals surface area (Å²) in [5.74, 6) is 0.802. The van der Waals surface area contributed by atoms with E-state index in [4.69, 9.17) is 0 Å². The summed E-state index contributed by atoms with van der Waals surface area (Å²) in [6.07, 6.45) is 5.02. The molecule has 2 aromatic rings. The lowest BCUT2D eigenvalue weighted by atomic mass is 10.1. The van der Waals surface area contributed by atoms with E-state index in [0.717, 1.165) is 16.9 Å². The second-order valence-corrected chi connectivity index (χ2v) is 4.47. The highest BCUT2D eigenvalue weighted by Gasteiger charge is 2.13. The van der Waals surface area contributed by atoms with Gasteiger partial charge in [0.15, 0.2) is 0 Å². The van der Waals surface area contributed by atoms with Crippen LogP contribution in [0.15, 0.2) is 30.7 Å². The molecule has 0 aliphatic carbocycles. The Kier molecular flexibility index (Phi) is 3.62. The molecule has 0 saturated heterocycles. The van der Waals surface area contributed by atoms with Crippen molar-refractivity contribution < 1.29 is 5.11 Å². The normalized spacial score (nSPS) is 12.4. The lowest BCUT2D eigenvalue weighted by Gasteiger charge is -2.21. The summed E-state index contributed by atoms with van der Waals surface area (Å²) in [7, 11) is 3.85. The SMILES string of the molecule is C[C@@H](O)c1cccnc1N(C)Cc1cnn(C)c1. The van der Waals surface area contributed by atoms with E-state index >= 15 is 0 Å². The first-order chi connectivity index (χ1) is 8.58. The van der Waals surface area contributed by atoms with Gasteiger partial charge < -0.3 is 10.0 Å². The van der Waals surface area contributed by atoms with Crippen molar-refractivity contribution in [3.8, 4) is 0 Å². The van der Waals surface area contributed by atoms with Gasteiger partial charge in [0.05, 0.1) is 12.3 Å². The first-order valence-corrected chi connectivity index (χ1v) is 5.89. The molecule has 0 bridgehead atoms. The Morgan fingerprint density at radius 2 is 2.28 bits per heavy atom. The lowest BCUT2D eigenvalue weighted by Crippen LogP contribution is -2.19. The van der Waals surface area contributed by atoms with Crippen LogP contribution in [0.4, 0.5) is 5.82 Å². The largest absolute Gasteiger partial charge is 0.389 e. The second-order valence-electron chi connectivity index (χ2n) is 4.47. The number of aliphatic hydroxyl groups is 1. The van der Waals surface area contributed by atoms with Gasteiger partial charge in [0.2, 0.25) is 0 Å². The van der Waals surface area contributed by atoms with Gasteiger partial charge in [-0.3, -0.25) is 4.68 Å². The third-order valence-corrected chi connectivity index (χ3v) is 2.81. The monoisotopic (exact) mass is 246 g/mol. The quantitative estimate of drug-likeness (QED) is 0.888. The minimum Gasteiger partial charge on any atom is -0.389 e. The maximum Gasteiger partial charge on any atom is 0.134 e. The fourth-order valence-electron chi connectivity index (χ4n) is 1.96. The zero-order valence-corrected chi connectivity index (χ0v) is 10.9. The Hall–Kier alpha value is -1.88. The molecule has 2 heterocycles. The number of aromatic nitrogens is 3. The summed E-state index contributed by atoms with van der Waals surface area (Å²) in [6, 6.07) is 3.73. The molecule has 0 radical (unpaired) electrons. The molecular weight excluding hydrogens is 228 g/mol. The van der Waals surface area contributed by atoms with E-state index < -0.39 is 6.10 Å². The molecule has 2 aromatic heterocycles. The Morgan fingerprint density at radius 3 is 2.89 bits per heavy atom. The van der Waals surface area contributed by atoms with E-state index in [9.17, 15) is 5.11 Å². The predicted molar refractivity (Wildman–Crippen MR) is 70.2 cm³/mol. The number of aryl methyl sites for hydroxylation is 1. The van der Waals surface area contributed by atoms with Gasteiger partial charge in [-0.25, -0.2) is 4.98 Å². The molecule has 0 saturated carbocycles. The third-order valence-electron chi connectivity index (χ3n) is 2.81. The van der Waals surface area contributed by atoms with E-state index in [1.54, 1.807) is 17.8 Å². The number of rotatable bonds is 4. The topological polar surface area (TPSA) is 54.2 Å². The van der Waals surface area contributed by atoms with Crippen LogP contribution < -0.4 is 4.90 Å². The van der Waals surface area contributed by atoms with Crippen LogP contribution >= 0.6 is 0 Å². The number of pyridine rings is 1. The molecule has 96 valence electrons. The van der Waals surface area contributed by atoms with Gasteiger partial charge >= 0.3 is 0 Å². The van der Waals surface area contributed by atoms with Crippen LogP contribution in [-0.4, -0.2) is 26.9 Å². The Morgan fingerprint density at radius 1 is 1.50 bits per heavy atom. The van der Waals surface area contributed by atoms with E-state index in [2.05, 4.69) is 10.1 Å². The number of nitrogens with zero attached hydrogens (tertiary/aromatic N) is 4. The summed E-state index contributed by atoms with van der Waals surface area (Å²) in [5, 5.41) is 13.9. The predicted octanol–water partition coefficient (Wildman–Crippen LogP) is 1.50. The van der Waals surface area contributed by atoms with Gasteiger partial charge in [-0.15, -0.1) is 0 Å². The van der Waals surface area contributed by atoms with Crippen molar-refractivity contribution >= 4 is 5.82 Å². The van der Waals surface area contributed by atoms with Crippen molar-refractivity contribution in [2.45, 2.75) is 19.6 Å². The molecule has 5 heteroatoms. The molecule has 1 N–H and O–H groups in total. The van der Waals surface area contributed by atoms with Gasteiger partial charge in [0.25, 0.3) is 0 Å². The van der Waals surface area contributed by atoms with Crippen molar-refractivity contribution in [1.82, 2.24) is 14.8 Å². The van der Waals surface area contributed by atoms with Crippen LogP contribution in [-0.2, 0) is 13.6 Å². The third kappa shape index (κ3) is 2.68. The first-order valence-electron chi connectivity index (χ1n) is 5.89. The van der Waals surface area contributed by atoms with E-state index in [1.165, 1.54) is 0 Å². The summed E-state index contributed by atoms with van der Waals surface area (Å²) >= 11 is 0. The number of hydrogen-bond donors (Lipinski definition) is 1. The Balaban J connectivity index is 2.20. The minimum absolute atomic E-state index is 0.523. The summed E-state index contributed by atoms with van der Waals surface area (Å²) in [5.41, 5.74) is 1.95. The number of aliphatic hydroxyl groups excluding tert-OH is 1. The Bertz CT molecular complexity index is 521. The van der Waals surface area contributed by atoms with Crippen molar-refractivity contribution in [3.05, 3.63) is 41.9 Å². The van der Waals surface area contributed by atoms with Crippen molar-refractivity contribution in [2.24, 2.45) is 7.05 Å². The number of anilines is 1. The smallest absolute Gasteiger partial charge is 0.134 e. The van der Waals surface area contributed by atoms with Crippen LogP contribution in [0.1, 0.15) is 24.2 Å². The molecule has 0 fully saturated rings. The number of hydrogen-bond acceptors (Lipinski definition) is 4. The molecule has 0 unspecified atom stereocenters. The zero-order valence-electron chi connectivity index (χ0n) is 10.9. The van der Waals surface area contributed by atoms with Gasteiger partial charge in [-0.05, 0) is 13.0 Å². The fraction of sp³-hybridized carbons (Fsp3) is 0.385. The Labute approximate surface area is 107 Å². The first kappa shape index (κ1) is 12.6. The van der Waals surface area contributed by atoms with E-state index in [-0.39, 0.29) is 0 Å². The van der Waals surface area contributed by atoms with Crippen LogP contribution in [0.5, 0.6) is 0 Å². The lowest BCUT2D eigenvalue weighted by molar-refractivity contribution is 0.199. The average molecular weight is 246 g/mol. The highest BCUT2D eigenvalue weighted by Crippen LogP contribution is 2.23. The average Bonchev–Trinajstić information content (AvgIpc) is 2.74. The van der Waals surface area contributed by atoms with E-state index in [0.29, 0.717) is 6.54 Å². The molecule has 0 amide bonds. The molecule has 5 nitrogen and oxygen atoms in total. The molecule has 0 aliphatic heterocycles. The summed E-state index contributed by atoms with van der Waals surface area (Å²) in [6.45, 7) is 2.46. The highest BCUT2D eigenvalue weighted by molar-refractivity contribution is 5.47. The van der Waals surface area contributed by atoms with Gasteiger partial charge in [-0.1, -0.05) is 6.07 Å². The summed E-state index contributed by atoms with van der Waals surface area (Å²) < 4.78 is 1.77. The van der Waals surface area contributed by atoms with Gasteiger partial charge in [0, 0.05) is 44.2 Å². The molecule has 0 aromatic carbocycles. The van der Waals surface area contributed by atoms with Crippen molar-refractivity contribution in [3.63, 3.8) is 0 Å².